The Bertz CT molecular complexity index is 657. The first-order valence-corrected chi connectivity index (χ1v) is 8.07. The number of aromatic nitrogens is 4. The highest BCUT2D eigenvalue weighted by molar-refractivity contribution is 5.64. The molecule has 0 radical (unpaired) electrons. The normalized spacial score (nSPS) is 21.5. The first kappa shape index (κ1) is 13.9. The van der Waals surface area contributed by atoms with Crippen molar-refractivity contribution < 1.29 is 5.11 Å². The smallest absolute Gasteiger partial charge is 0.203 e. The number of rotatable bonds is 4. The van der Waals surface area contributed by atoms with E-state index in [9.17, 15) is 5.11 Å². The second-order valence-corrected chi connectivity index (χ2v) is 6.41. The van der Waals surface area contributed by atoms with Crippen LogP contribution in [0.4, 0.5) is 5.82 Å². The Kier molecular flexibility index (Phi) is 3.46. The van der Waals surface area contributed by atoms with E-state index in [0.717, 1.165) is 50.0 Å². The predicted octanol–water partition coefficient (Wildman–Crippen LogP) is 0.504. The van der Waals surface area contributed by atoms with E-state index in [4.69, 9.17) is 0 Å². The SMILES string of the molecule is C[C@@H](O)CN1CCN(c2nccn3c(C4CC4)nnc23)CC1. The van der Waals surface area contributed by atoms with Crippen LogP contribution in [0.25, 0.3) is 5.65 Å². The molecule has 1 saturated heterocycles. The molecule has 0 bridgehead atoms. The minimum Gasteiger partial charge on any atom is -0.392 e. The van der Waals surface area contributed by atoms with Gasteiger partial charge in [0.05, 0.1) is 6.10 Å². The Labute approximate surface area is 129 Å². The van der Waals surface area contributed by atoms with E-state index in [0.29, 0.717) is 5.92 Å². The molecule has 1 aliphatic carbocycles. The summed E-state index contributed by atoms with van der Waals surface area (Å²) in [4.78, 5) is 9.11. The summed E-state index contributed by atoms with van der Waals surface area (Å²) >= 11 is 0. The lowest BCUT2D eigenvalue weighted by atomic mass is 10.2. The van der Waals surface area contributed by atoms with Gasteiger partial charge in [-0.25, -0.2) is 4.98 Å². The number of β-amino-alcohol motifs (C(OH)–C–C–N with tert-alkyl or cyclic N) is 1. The fourth-order valence-electron chi connectivity index (χ4n) is 3.19. The average Bonchev–Trinajstić information content (AvgIpc) is 3.26. The molecule has 0 spiro atoms. The average molecular weight is 302 g/mol. The van der Waals surface area contributed by atoms with Crippen molar-refractivity contribution in [3.63, 3.8) is 0 Å². The number of hydrogen-bond acceptors (Lipinski definition) is 6. The van der Waals surface area contributed by atoms with Crippen molar-refractivity contribution in [2.45, 2.75) is 31.8 Å². The van der Waals surface area contributed by atoms with Crippen LogP contribution in [-0.4, -0.2) is 68.4 Å². The molecular formula is C15H22N6O. The van der Waals surface area contributed by atoms with Gasteiger partial charge < -0.3 is 10.0 Å². The quantitative estimate of drug-likeness (QED) is 0.887. The number of aliphatic hydroxyl groups excluding tert-OH is 1. The largest absolute Gasteiger partial charge is 0.392 e. The lowest BCUT2D eigenvalue weighted by Gasteiger charge is -2.35. The van der Waals surface area contributed by atoms with Crippen LogP contribution < -0.4 is 4.90 Å². The number of aliphatic hydroxyl groups is 1. The van der Waals surface area contributed by atoms with Gasteiger partial charge >= 0.3 is 0 Å². The summed E-state index contributed by atoms with van der Waals surface area (Å²) in [6.45, 7) is 6.27. The van der Waals surface area contributed by atoms with Gasteiger partial charge in [0.2, 0.25) is 5.65 Å². The number of fused-ring (bicyclic) bond motifs is 1. The Balaban J connectivity index is 1.55. The molecule has 0 amide bonds. The third kappa shape index (κ3) is 2.55. The maximum Gasteiger partial charge on any atom is 0.203 e. The van der Waals surface area contributed by atoms with Gasteiger partial charge in [0.15, 0.2) is 5.82 Å². The van der Waals surface area contributed by atoms with Crippen LogP contribution in [-0.2, 0) is 0 Å². The third-order valence-electron chi connectivity index (χ3n) is 4.47. The molecule has 7 heteroatoms. The number of piperazine rings is 1. The van der Waals surface area contributed by atoms with Crippen molar-refractivity contribution in [3.8, 4) is 0 Å². The molecule has 1 aliphatic heterocycles. The molecule has 4 rings (SSSR count). The second kappa shape index (κ2) is 5.48. The minimum atomic E-state index is -0.272. The van der Waals surface area contributed by atoms with Crippen molar-refractivity contribution in [3.05, 3.63) is 18.2 Å². The zero-order valence-corrected chi connectivity index (χ0v) is 12.9. The van der Waals surface area contributed by atoms with Crippen molar-refractivity contribution in [1.29, 1.82) is 0 Å². The van der Waals surface area contributed by atoms with E-state index < -0.39 is 0 Å². The fourth-order valence-corrected chi connectivity index (χ4v) is 3.19. The van der Waals surface area contributed by atoms with Crippen LogP contribution in [0.15, 0.2) is 12.4 Å². The highest BCUT2D eigenvalue weighted by Gasteiger charge is 2.30. The van der Waals surface area contributed by atoms with E-state index >= 15 is 0 Å². The molecule has 3 heterocycles. The Morgan fingerprint density at radius 1 is 1.23 bits per heavy atom. The zero-order valence-electron chi connectivity index (χ0n) is 12.9. The lowest BCUT2D eigenvalue weighted by molar-refractivity contribution is 0.122. The molecule has 1 saturated carbocycles. The van der Waals surface area contributed by atoms with Crippen LogP contribution in [0.1, 0.15) is 31.5 Å². The number of hydrogen-bond donors (Lipinski definition) is 1. The molecule has 2 aromatic heterocycles. The zero-order chi connectivity index (χ0) is 15.1. The summed E-state index contributed by atoms with van der Waals surface area (Å²) in [5, 5.41) is 18.2. The van der Waals surface area contributed by atoms with Gasteiger partial charge in [0.1, 0.15) is 5.82 Å². The molecular weight excluding hydrogens is 280 g/mol. The summed E-state index contributed by atoms with van der Waals surface area (Å²) in [6.07, 6.45) is 5.98. The van der Waals surface area contributed by atoms with Crippen molar-refractivity contribution in [2.75, 3.05) is 37.6 Å². The molecule has 2 fully saturated rings. The molecule has 22 heavy (non-hydrogen) atoms. The molecule has 1 N–H and O–H groups in total. The van der Waals surface area contributed by atoms with Crippen LogP contribution in [0.2, 0.25) is 0 Å². The predicted molar refractivity (Wildman–Crippen MR) is 83.1 cm³/mol. The van der Waals surface area contributed by atoms with Crippen LogP contribution in [0.3, 0.4) is 0 Å². The Morgan fingerprint density at radius 2 is 2.00 bits per heavy atom. The Morgan fingerprint density at radius 3 is 2.68 bits per heavy atom. The van der Waals surface area contributed by atoms with Crippen molar-refractivity contribution >= 4 is 11.5 Å². The van der Waals surface area contributed by atoms with Crippen LogP contribution in [0, 0.1) is 0 Å². The first-order valence-electron chi connectivity index (χ1n) is 8.07. The van der Waals surface area contributed by atoms with E-state index in [1.165, 1.54) is 12.8 Å². The number of anilines is 1. The second-order valence-electron chi connectivity index (χ2n) is 6.41. The van der Waals surface area contributed by atoms with Gasteiger partial charge in [-0.05, 0) is 19.8 Å². The summed E-state index contributed by atoms with van der Waals surface area (Å²) in [6, 6.07) is 0. The molecule has 2 aromatic rings. The van der Waals surface area contributed by atoms with Gasteiger partial charge in [-0.15, -0.1) is 10.2 Å². The standard InChI is InChI=1S/C15H22N6O/c1-11(22)10-19-6-8-20(9-7-19)14-15-18-17-13(12-2-3-12)21(15)5-4-16-14/h4-5,11-12,22H,2-3,6-10H2,1H3/t11-/m1/s1. The highest BCUT2D eigenvalue weighted by atomic mass is 16.3. The van der Waals surface area contributed by atoms with Gasteiger partial charge in [-0.3, -0.25) is 9.30 Å². The molecule has 2 aliphatic rings. The summed E-state index contributed by atoms with van der Waals surface area (Å²) in [7, 11) is 0. The molecule has 7 nitrogen and oxygen atoms in total. The summed E-state index contributed by atoms with van der Waals surface area (Å²) < 4.78 is 2.10. The van der Waals surface area contributed by atoms with E-state index in [2.05, 4.69) is 29.4 Å². The van der Waals surface area contributed by atoms with E-state index in [1.54, 1.807) is 0 Å². The van der Waals surface area contributed by atoms with Gasteiger partial charge in [0.25, 0.3) is 0 Å². The van der Waals surface area contributed by atoms with Gasteiger partial charge in [-0.2, -0.15) is 0 Å². The molecule has 0 aromatic carbocycles. The molecule has 0 unspecified atom stereocenters. The maximum atomic E-state index is 9.50. The monoisotopic (exact) mass is 302 g/mol. The van der Waals surface area contributed by atoms with E-state index in [1.807, 2.05) is 19.3 Å². The lowest BCUT2D eigenvalue weighted by Crippen LogP contribution is -2.48. The van der Waals surface area contributed by atoms with Gasteiger partial charge in [-0.1, -0.05) is 0 Å². The van der Waals surface area contributed by atoms with Crippen LogP contribution in [0.5, 0.6) is 0 Å². The van der Waals surface area contributed by atoms with E-state index in [-0.39, 0.29) is 6.10 Å². The van der Waals surface area contributed by atoms with Gasteiger partial charge in [0, 0.05) is 51.0 Å². The topological polar surface area (TPSA) is 69.8 Å². The Hall–Kier alpha value is -1.73. The summed E-state index contributed by atoms with van der Waals surface area (Å²) in [5.41, 5.74) is 0.869. The maximum absolute atomic E-state index is 9.50. The first-order chi connectivity index (χ1) is 10.7. The summed E-state index contributed by atoms with van der Waals surface area (Å²) in [5.74, 6) is 2.58. The van der Waals surface area contributed by atoms with Crippen LogP contribution >= 0.6 is 0 Å². The number of nitrogens with zero attached hydrogens (tertiary/aromatic N) is 6. The van der Waals surface area contributed by atoms with Crippen molar-refractivity contribution in [1.82, 2.24) is 24.5 Å². The third-order valence-corrected chi connectivity index (χ3v) is 4.47. The molecule has 118 valence electrons. The minimum absolute atomic E-state index is 0.272. The highest BCUT2D eigenvalue weighted by Crippen LogP contribution is 2.39. The fraction of sp³-hybridized carbons (Fsp3) is 0.667. The molecule has 1 atom stereocenters. The van der Waals surface area contributed by atoms with Crippen molar-refractivity contribution in [2.24, 2.45) is 0 Å².